The Labute approximate surface area is 353 Å². The molecule has 0 aromatic heterocycles. The summed E-state index contributed by atoms with van der Waals surface area (Å²) in [6.07, 6.45) is 18.4. The SMILES string of the molecule is CC12CCC1CCCCCC1=NC3CCC(=NC4CC4)C=C3N=C1OC1CCC3C(=O)NC4(C(=O)NS(=O)(=O)C5CC5)CC4CCCCCCCC(NC(=O)O2)C(=O)N3C1. The molecule has 3 bridgehead atoms. The Morgan fingerprint density at radius 2 is 1.63 bits per heavy atom. The van der Waals surface area contributed by atoms with Crippen LogP contribution in [-0.2, 0) is 33.9 Å². The van der Waals surface area contributed by atoms with E-state index >= 15 is 0 Å². The number of hydrogen-bond donors (Lipinski definition) is 3. The fraction of sp³-hybridized carbons (Fsp3) is 0.795. The van der Waals surface area contributed by atoms with Gasteiger partial charge >= 0.3 is 6.09 Å². The van der Waals surface area contributed by atoms with Crippen molar-refractivity contribution in [2.24, 2.45) is 26.8 Å². The van der Waals surface area contributed by atoms with Crippen molar-refractivity contribution in [2.75, 3.05) is 6.54 Å². The minimum Gasteiger partial charge on any atom is -0.471 e. The monoisotopic (exact) mass is 849 g/mol. The van der Waals surface area contributed by atoms with Crippen LogP contribution in [0.3, 0.4) is 0 Å². The molecule has 4 aliphatic heterocycles. The largest absolute Gasteiger partial charge is 0.471 e. The molecule has 0 spiro atoms. The first-order valence-corrected chi connectivity index (χ1v) is 24.7. The number of aliphatic imine (C=N–C) groups is 3. The molecule has 8 atom stereocenters. The van der Waals surface area contributed by atoms with Crippen molar-refractivity contribution in [2.45, 2.75) is 201 Å². The van der Waals surface area contributed by atoms with Gasteiger partial charge in [0.15, 0.2) is 0 Å². The van der Waals surface area contributed by atoms with E-state index in [4.69, 9.17) is 24.5 Å². The molecule has 9 rings (SSSR count). The van der Waals surface area contributed by atoms with Crippen LogP contribution in [0.5, 0.6) is 0 Å². The molecular weight excluding hydrogens is 787 g/mol. The number of alkyl carbamates (subject to hydrolysis) is 1. The summed E-state index contributed by atoms with van der Waals surface area (Å²) in [6, 6.07) is -1.58. The number of sulfonamides is 1. The Balaban J connectivity index is 1.02. The highest BCUT2D eigenvalue weighted by Crippen LogP contribution is 2.48. The van der Waals surface area contributed by atoms with E-state index in [2.05, 4.69) is 21.4 Å². The lowest BCUT2D eigenvalue weighted by molar-refractivity contribution is -0.147. The third-order valence-corrected chi connectivity index (χ3v) is 16.6. The van der Waals surface area contributed by atoms with E-state index in [1.807, 2.05) is 6.92 Å². The van der Waals surface area contributed by atoms with Gasteiger partial charge < -0.3 is 25.0 Å². The molecular formula is C44H63N7O8S. The highest BCUT2D eigenvalue weighted by atomic mass is 32.2. The maximum Gasteiger partial charge on any atom is 0.408 e. The summed E-state index contributed by atoms with van der Waals surface area (Å²) in [5.74, 6) is -1.15. The number of carbonyl (C=O) groups excluding carboxylic acids is 4. The zero-order valence-corrected chi connectivity index (χ0v) is 35.9. The lowest BCUT2D eigenvalue weighted by atomic mass is 9.68. The van der Waals surface area contributed by atoms with Crippen LogP contribution in [0.2, 0.25) is 0 Å². The molecule has 16 heteroatoms. The smallest absolute Gasteiger partial charge is 0.408 e. The predicted octanol–water partition coefficient (Wildman–Crippen LogP) is 5.32. The molecule has 9 aliphatic rings. The van der Waals surface area contributed by atoms with E-state index in [9.17, 15) is 27.6 Å². The quantitative estimate of drug-likeness (QED) is 0.338. The molecule has 0 aromatic rings. The number of nitrogens with one attached hydrogen (secondary N) is 3. The van der Waals surface area contributed by atoms with Gasteiger partial charge in [0.2, 0.25) is 27.7 Å². The van der Waals surface area contributed by atoms with Gasteiger partial charge in [-0.3, -0.25) is 29.1 Å². The van der Waals surface area contributed by atoms with Gasteiger partial charge in [-0.25, -0.2) is 18.2 Å². The maximum absolute atomic E-state index is 15.0. The van der Waals surface area contributed by atoms with Crippen molar-refractivity contribution in [1.82, 2.24) is 20.3 Å². The topological polar surface area (TPSA) is 197 Å². The van der Waals surface area contributed by atoms with Gasteiger partial charge in [0.1, 0.15) is 29.3 Å². The molecule has 7 fully saturated rings. The Morgan fingerprint density at radius 1 is 0.883 bits per heavy atom. The van der Waals surface area contributed by atoms with Crippen molar-refractivity contribution >= 4 is 51.2 Å². The van der Waals surface area contributed by atoms with Gasteiger partial charge in [0.25, 0.3) is 5.91 Å². The van der Waals surface area contributed by atoms with Crippen molar-refractivity contribution < 1.29 is 37.1 Å². The second kappa shape index (κ2) is 16.8. The van der Waals surface area contributed by atoms with Crippen LogP contribution >= 0.6 is 0 Å². The highest BCUT2D eigenvalue weighted by Gasteiger charge is 2.62. The number of ether oxygens (including phenoxy) is 2. The number of allylic oxidation sites excluding steroid dienone is 1. The summed E-state index contributed by atoms with van der Waals surface area (Å²) in [7, 11) is -3.85. The maximum atomic E-state index is 15.0. The van der Waals surface area contributed by atoms with Crippen LogP contribution in [0, 0.1) is 11.8 Å². The van der Waals surface area contributed by atoms with Crippen molar-refractivity contribution in [3.8, 4) is 0 Å². The third kappa shape index (κ3) is 9.04. The molecule has 3 saturated heterocycles. The standard InChI is InChI=1S/C44H63N7O8S/c1-43-23-22-27(43)10-7-5-9-12-34-39(47-36-24-30(45-29-14-15-29)16-20-33(36)46-34)58-31-17-21-37-38(52)49-44(41(54)50-60(56,57)32-18-19-32)25-28(44)11-6-3-2-4-8-13-35(48-42(55)59-43)40(53)51(37)26-31/h24,27-29,31-33,35,37H,2-23,25-26H2,1H3,(H,48,55)(H,49,52)(H,50,54). The van der Waals surface area contributed by atoms with E-state index < -0.39 is 68.4 Å². The van der Waals surface area contributed by atoms with Gasteiger partial charge in [0.05, 0.1) is 35.3 Å². The molecule has 4 amide bonds. The van der Waals surface area contributed by atoms with E-state index in [0.29, 0.717) is 63.3 Å². The fourth-order valence-corrected chi connectivity index (χ4v) is 11.8. The summed E-state index contributed by atoms with van der Waals surface area (Å²) < 4.78 is 41.1. The minimum atomic E-state index is -3.85. The average molecular weight is 850 g/mol. The van der Waals surface area contributed by atoms with Crippen molar-refractivity contribution in [3.63, 3.8) is 0 Å². The van der Waals surface area contributed by atoms with Gasteiger partial charge in [-0.1, -0.05) is 44.9 Å². The van der Waals surface area contributed by atoms with E-state index in [1.165, 1.54) is 4.90 Å². The van der Waals surface area contributed by atoms with E-state index in [1.54, 1.807) is 0 Å². The first kappa shape index (κ1) is 41.5. The molecule has 0 radical (unpaired) electrons. The lowest BCUT2D eigenvalue weighted by Gasteiger charge is -2.46. The molecule has 0 aromatic carbocycles. The van der Waals surface area contributed by atoms with Gasteiger partial charge in [-0.05, 0) is 128 Å². The number of piperidine rings is 1. The second-order valence-corrected chi connectivity index (χ2v) is 21.4. The molecule has 3 N–H and O–H groups in total. The van der Waals surface area contributed by atoms with E-state index in [0.717, 1.165) is 107 Å². The zero-order valence-electron chi connectivity index (χ0n) is 35.1. The normalized spacial score (nSPS) is 37.6. The number of hydrogen-bond acceptors (Lipinski definition) is 11. The molecule has 8 unspecified atom stereocenters. The Hall–Kier alpha value is -3.82. The van der Waals surface area contributed by atoms with Crippen LogP contribution < -0.4 is 15.4 Å². The molecule has 5 aliphatic carbocycles. The summed E-state index contributed by atoms with van der Waals surface area (Å²) in [6.45, 7) is 2.04. The predicted molar refractivity (Wildman–Crippen MR) is 225 cm³/mol. The zero-order chi connectivity index (χ0) is 41.6. The summed E-state index contributed by atoms with van der Waals surface area (Å²) in [5, 5.41) is 5.36. The van der Waals surface area contributed by atoms with Crippen LogP contribution in [0.1, 0.15) is 155 Å². The minimum absolute atomic E-state index is 0.0474. The average Bonchev–Trinajstić information content (AvgIpc) is 4.08. The second-order valence-electron chi connectivity index (χ2n) is 19.4. The number of rotatable bonds is 4. The highest BCUT2D eigenvalue weighted by molar-refractivity contribution is 7.91. The number of fused-ring (bicyclic) bond motifs is 6. The van der Waals surface area contributed by atoms with Crippen LogP contribution in [-0.4, -0.2) is 108 Å². The molecule has 4 heterocycles. The van der Waals surface area contributed by atoms with E-state index in [-0.39, 0.29) is 30.8 Å². The molecule has 15 nitrogen and oxygen atoms in total. The number of carbonyl (C=O) groups is 4. The summed E-state index contributed by atoms with van der Waals surface area (Å²) in [5.41, 5.74) is 0.737. The van der Waals surface area contributed by atoms with Gasteiger partial charge in [0, 0.05) is 5.71 Å². The van der Waals surface area contributed by atoms with Crippen LogP contribution in [0.25, 0.3) is 0 Å². The molecule has 328 valence electrons. The molecule has 4 saturated carbocycles. The summed E-state index contributed by atoms with van der Waals surface area (Å²) in [4.78, 5) is 73.9. The van der Waals surface area contributed by atoms with Crippen LogP contribution in [0.4, 0.5) is 4.79 Å². The van der Waals surface area contributed by atoms with Crippen molar-refractivity contribution in [3.05, 3.63) is 11.8 Å². The number of nitrogens with zero attached hydrogens (tertiary/aromatic N) is 4. The van der Waals surface area contributed by atoms with Gasteiger partial charge in [-0.15, -0.1) is 0 Å². The van der Waals surface area contributed by atoms with Crippen molar-refractivity contribution in [1.29, 1.82) is 0 Å². The molecule has 60 heavy (non-hydrogen) atoms. The third-order valence-electron chi connectivity index (χ3n) is 14.8. The number of amides is 4. The first-order chi connectivity index (χ1) is 28.9. The Kier molecular flexibility index (Phi) is 11.6. The Bertz CT molecular complexity index is 1980. The van der Waals surface area contributed by atoms with Crippen LogP contribution in [0.15, 0.2) is 26.8 Å². The summed E-state index contributed by atoms with van der Waals surface area (Å²) >= 11 is 0. The first-order valence-electron chi connectivity index (χ1n) is 23.2. The lowest BCUT2D eigenvalue weighted by Crippen LogP contribution is -2.63. The van der Waals surface area contributed by atoms with Gasteiger partial charge in [-0.2, -0.15) is 0 Å². The Morgan fingerprint density at radius 3 is 2.38 bits per heavy atom. The fourth-order valence-electron chi connectivity index (χ4n) is 10.4.